The number of aryl methyl sites for hydroxylation is 1. The second-order valence-corrected chi connectivity index (χ2v) is 8.25. The van der Waals surface area contributed by atoms with Gasteiger partial charge in [0.25, 0.3) is 0 Å². The molecule has 2 aromatic rings. The highest BCUT2D eigenvalue weighted by Gasteiger charge is 2.15. The Hall–Kier alpha value is -2.18. The van der Waals surface area contributed by atoms with Crippen LogP contribution in [-0.2, 0) is 17.9 Å². The van der Waals surface area contributed by atoms with Crippen LogP contribution >= 0.6 is 11.6 Å². The molecule has 2 rings (SSSR count). The second kappa shape index (κ2) is 10.6. The molecule has 5 nitrogen and oxygen atoms in total. The predicted molar refractivity (Wildman–Crippen MR) is 116 cm³/mol. The minimum Gasteiger partial charge on any atom is -0.334 e. The van der Waals surface area contributed by atoms with Gasteiger partial charge in [0.15, 0.2) is 0 Å². The van der Waals surface area contributed by atoms with Crippen LogP contribution in [0.5, 0.6) is 0 Å². The standard InChI is InChI=1S/C22H30ClFN4O/c1-16(2)14-28-22(23)20(17(3)25-28)10-11-21(29)27(13-12-26(4)5)15-18-6-8-19(24)9-7-18/h6-11,16H,12-15H2,1-5H3/b11-10+. The number of carbonyl (C=O) groups is 1. The highest BCUT2D eigenvalue weighted by molar-refractivity contribution is 6.31. The van der Waals surface area contributed by atoms with Crippen molar-refractivity contribution in [3.63, 3.8) is 0 Å². The zero-order valence-corrected chi connectivity index (χ0v) is 18.6. The molecule has 0 aliphatic heterocycles. The largest absolute Gasteiger partial charge is 0.334 e. The molecule has 0 aliphatic carbocycles. The molecule has 0 spiro atoms. The van der Waals surface area contributed by atoms with Crippen molar-refractivity contribution in [2.75, 3.05) is 27.2 Å². The van der Waals surface area contributed by atoms with E-state index in [0.29, 0.717) is 24.2 Å². The number of halogens is 2. The van der Waals surface area contributed by atoms with E-state index in [-0.39, 0.29) is 11.7 Å². The molecule has 1 aromatic carbocycles. The molecule has 7 heteroatoms. The Bertz CT molecular complexity index is 843. The first kappa shape index (κ1) is 23.1. The van der Waals surface area contributed by atoms with E-state index in [1.807, 2.05) is 25.9 Å². The molecule has 0 N–H and O–H groups in total. The molecule has 0 unspecified atom stereocenters. The number of benzene rings is 1. The summed E-state index contributed by atoms with van der Waals surface area (Å²) < 4.78 is 15.0. The molecule has 0 saturated heterocycles. The van der Waals surface area contributed by atoms with Crippen molar-refractivity contribution in [2.24, 2.45) is 5.92 Å². The average Bonchev–Trinajstić information content (AvgIpc) is 2.90. The number of aromatic nitrogens is 2. The van der Waals surface area contributed by atoms with Gasteiger partial charge in [-0.1, -0.05) is 37.6 Å². The van der Waals surface area contributed by atoms with Gasteiger partial charge >= 0.3 is 0 Å². The number of hydrogen-bond donors (Lipinski definition) is 0. The molecule has 1 aromatic heterocycles. The van der Waals surface area contributed by atoms with E-state index in [2.05, 4.69) is 18.9 Å². The van der Waals surface area contributed by atoms with E-state index >= 15 is 0 Å². The Morgan fingerprint density at radius 3 is 2.48 bits per heavy atom. The molecule has 0 bridgehead atoms. The molecule has 0 atom stereocenters. The van der Waals surface area contributed by atoms with Crippen LogP contribution in [0.3, 0.4) is 0 Å². The normalized spacial score (nSPS) is 11.8. The van der Waals surface area contributed by atoms with Crippen LogP contribution in [0.25, 0.3) is 6.08 Å². The summed E-state index contributed by atoms with van der Waals surface area (Å²) in [7, 11) is 3.92. The Balaban J connectivity index is 2.17. The molecule has 0 fully saturated rings. The summed E-state index contributed by atoms with van der Waals surface area (Å²) in [5.74, 6) is 0.00841. The summed E-state index contributed by atoms with van der Waals surface area (Å²) in [5.41, 5.74) is 2.43. The molecular formula is C22H30ClFN4O. The number of nitrogens with zero attached hydrogens (tertiary/aromatic N) is 4. The summed E-state index contributed by atoms with van der Waals surface area (Å²) >= 11 is 6.47. The van der Waals surface area contributed by atoms with E-state index in [0.717, 1.165) is 29.9 Å². The van der Waals surface area contributed by atoms with Gasteiger partial charge in [0, 0.05) is 37.8 Å². The molecule has 29 heavy (non-hydrogen) atoms. The van der Waals surface area contributed by atoms with Crippen LogP contribution in [0.2, 0.25) is 5.15 Å². The summed E-state index contributed by atoms with van der Waals surface area (Å²) in [5, 5.41) is 5.02. The monoisotopic (exact) mass is 420 g/mol. The van der Waals surface area contributed by atoms with Crippen LogP contribution in [0, 0.1) is 18.7 Å². The van der Waals surface area contributed by atoms with Crippen LogP contribution < -0.4 is 0 Å². The van der Waals surface area contributed by atoms with Gasteiger partial charge in [-0.25, -0.2) is 4.39 Å². The zero-order valence-electron chi connectivity index (χ0n) is 17.8. The fourth-order valence-corrected chi connectivity index (χ4v) is 3.19. The fourth-order valence-electron chi connectivity index (χ4n) is 2.88. The Morgan fingerprint density at radius 2 is 1.90 bits per heavy atom. The second-order valence-electron chi connectivity index (χ2n) is 7.89. The Kier molecular flexibility index (Phi) is 8.41. The molecular weight excluding hydrogens is 391 g/mol. The van der Waals surface area contributed by atoms with Crippen molar-refractivity contribution in [3.05, 3.63) is 58.1 Å². The molecule has 0 radical (unpaired) electrons. The van der Waals surface area contributed by atoms with Gasteiger partial charge in [-0.3, -0.25) is 9.48 Å². The first-order valence-electron chi connectivity index (χ1n) is 9.76. The molecule has 0 saturated carbocycles. The topological polar surface area (TPSA) is 41.4 Å². The van der Waals surface area contributed by atoms with Crippen molar-refractivity contribution in [1.82, 2.24) is 19.6 Å². The third-order valence-electron chi connectivity index (χ3n) is 4.46. The van der Waals surface area contributed by atoms with Crippen molar-refractivity contribution < 1.29 is 9.18 Å². The SMILES string of the molecule is Cc1nn(CC(C)C)c(Cl)c1/C=C/C(=O)N(CCN(C)C)Cc1ccc(F)cc1. The Labute approximate surface area is 177 Å². The first-order valence-corrected chi connectivity index (χ1v) is 10.1. The van der Waals surface area contributed by atoms with Gasteiger partial charge in [-0.2, -0.15) is 5.10 Å². The van der Waals surface area contributed by atoms with E-state index in [9.17, 15) is 9.18 Å². The third kappa shape index (κ3) is 6.98. The van der Waals surface area contributed by atoms with E-state index < -0.39 is 0 Å². The van der Waals surface area contributed by atoms with Gasteiger partial charge in [0.1, 0.15) is 11.0 Å². The summed E-state index contributed by atoms with van der Waals surface area (Å²) in [6.45, 7) is 8.52. The number of amides is 1. The van der Waals surface area contributed by atoms with E-state index in [4.69, 9.17) is 11.6 Å². The maximum Gasteiger partial charge on any atom is 0.246 e. The van der Waals surface area contributed by atoms with Crippen molar-refractivity contribution in [3.8, 4) is 0 Å². The lowest BCUT2D eigenvalue weighted by molar-refractivity contribution is -0.126. The summed E-state index contributed by atoms with van der Waals surface area (Å²) in [6.07, 6.45) is 3.27. The molecule has 158 valence electrons. The maximum absolute atomic E-state index is 13.2. The molecule has 1 amide bonds. The predicted octanol–water partition coefficient (Wildman–Crippen LogP) is 4.24. The first-order chi connectivity index (χ1) is 13.7. The van der Waals surface area contributed by atoms with Gasteiger partial charge in [-0.15, -0.1) is 0 Å². The van der Waals surface area contributed by atoms with Gasteiger partial charge in [0.05, 0.1) is 5.69 Å². The zero-order chi connectivity index (χ0) is 21.6. The van der Waals surface area contributed by atoms with E-state index in [1.54, 1.807) is 27.8 Å². The lowest BCUT2D eigenvalue weighted by Gasteiger charge is -2.23. The summed E-state index contributed by atoms with van der Waals surface area (Å²) in [4.78, 5) is 16.6. The van der Waals surface area contributed by atoms with Gasteiger partial charge in [0.2, 0.25) is 5.91 Å². The van der Waals surface area contributed by atoms with Crippen LogP contribution in [0.15, 0.2) is 30.3 Å². The van der Waals surface area contributed by atoms with Crippen molar-refractivity contribution >= 4 is 23.6 Å². The van der Waals surface area contributed by atoms with Gasteiger partial charge < -0.3 is 9.80 Å². The maximum atomic E-state index is 13.2. The highest BCUT2D eigenvalue weighted by atomic mass is 35.5. The number of hydrogen-bond acceptors (Lipinski definition) is 3. The van der Waals surface area contributed by atoms with Crippen molar-refractivity contribution in [2.45, 2.75) is 33.9 Å². The smallest absolute Gasteiger partial charge is 0.246 e. The van der Waals surface area contributed by atoms with E-state index in [1.165, 1.54) is 18.2 Å². The van der Waals surface area contributed by atoms with Gasteiger partial charge in [-0.05, 0) is 50.7 Å². The molecule has 0 aliphatic rings. The Morgan fingerprint density at radius 1 is 1.24 bits per heavy atom. The number of rotatable bonds is 9. The minimum atomic E-state index is -0.289. The minimum absolute atomic E-state index is 0.122. The van der Waals surface area contributed by atoms with Crippen LogP contribution in [0.4, 0.5) is 4.39 Å². The third-order valence-corrected chi connectivity index (χ3v) is 4.85. The molecule has 1 heterocycles. The quantitative estimate of drug-likeness (QED) is 0.569. The van der Waals surface area contributed by atoms with Crippen LogP contribution in [0.1, 0.15) is 30.7 Å². The average molecular weight is 421 g/mol. The lowest BCUT2D eigenvalue weighted by Crippen LogP contribution is -2.35. The van der Waals surface area contributed by atoms with Crippen LogP contribution in [-0.4, -0.2) is 52.7 Å². The number of carbonyl (C=O) groups excluding carboxylic acids is 1. The highest BCUT2D eigenvalue weighted by Crippen LogP contribution is 2.22. The lowest BCUT2D eigenvalue weighted by atomic mass is 10.2. The summed E-state index contributed by atoms with van der Waals surface area (Å²) in [6, 6.07) is 6.22. The fraction of sp³-hybridized carbons (Fsp3) is 0.455. The number of likely N-dealkylation sites (N-methyl/N-ethyl adjacent to an activating group) is 1. The van der Waals surface area contributed by atoms with Crippen molar-refractivity contribution in [1.29, 1.82) is 0 Å².